The molecule has 0 heterocycles. The molecule has 0 atom stereocenters. The Morgan fingerprint density at radius 3 is 2.69 bits per heavy atom. The zero-order chi connectivity index (χ0) is 12.1. The highest BCUT2D eigenvalue weighted by molar-refractivity contribution is 5.82. The van der Waals surface area contributed by atoms with Crippen LogP contribution in [-0.2, 0) is 0 Å². The first-order valence-electron chi connectivity index (χ1n) is 4.33. The molecule has 0 saturated carbocycles. The number of nitrogens with zero attached hydrogens (tertiary/aromatic N) is 3. The van der Waals surface area contributed by atoms with Gasteiger partial charge < -0.3 is 0 Å². The highest BCUT2D eigenvalue weighted by Crippen LogP contribution is 2.26. The average molecular weight is 224 g/mol. The van der Waals surface area contributed by atoms with Crippen LogP contribution in [0, 0.1) is 10.1 Å². The zero-order valence-corrected chi connectivity index (χ0v) is 8.62. The number of para-hydroxylation sites is 2. The molecular weight excluding hydrogens is 212 g/mol. The first-order chi connectivity index (χ1) is 7.56. The molecule has 1 aromatic carbocycles. The Kier molecular flexibility index (Phi) is 3.75. The SMILES string of the molecule is CN(N)C(=Nc1ccccc1[N+](=O)[O-])NN. The van der Waals surface area contributed by atoms with E-state index < -0.39 is 4.92 Å². The third-order valence-corrected chi connectivity index (χ3v) is 1.77. The van der Waals surface area contributed by atoms with Crippen molar-refractivity contribution in [3.05, 3.63) is 34.4 Å². The van der Waals surface area contributed by atoms with E-state index in [1.807, 2.05) is 0 Å². The van der Waals surface area contributed by atoms with E-state index in [1.54, 1.807) is 12.1 Å². The van der Waals surface area contributed by atoms with Gasteiger partial charge >= 0.3 is 0 Å². The Bertz CT molecular complexity index is 417. The van der Waals surface area contributed by atoms with E-state index >= 15 is 0 Å². The summed E-state index contributed by atoms with van der Waals surface area (Å²) in [6, 6.07) is 6.04. The molecule has 1 rings (SSSR count). The van der Waals surface area contributed by atoms with Crippen molar-refractivity contribution in [3.8, 4) is 0 Å². The Morgan fingerprint density at radius 1 is 1.56 bits per heavy atom. The van der Waals surface area contributed by atoms with Gasteiger partial charge in [-0.2, -0.15) is 0 Å². The van der Waals surface area contributed by atoms with Crippen molar-refractivity contribution in [1.29, 1.82) is 0 Å². The van der Waals surface area contributed by atoms with Crippen LogP contribution in [0.4, 0.5) is 11.4 Å². The van der Waals surface area contributed by atoms with Gasteiger partial charge in [-0.3, -0.25) is 20.5 Å². The van der Waals surface area contributed by atoms with Gasteiger partial charge in [0.2, 0.25) is 5.96 Å². The minimum atomic E-state index is -0.524. The highest BCUT2D eigenvalue weighted by atomic mass is 16.6. The van der Waals surface area contributed by atoms with Gasteiger partial charge in [-0.1, -0.05) is 12.1 Å². The lowest BCUT2D eigenvalue weighted by Gasteiger charge is -2.13. The predicted octanol–water partition coefficient (Wildman–Crippen LogP) is -0.149. The summed E-state index contributed by atoms with van der Waals surface area (Å²) in [6.45, 7) is 0. The van der Waals surface area contributed by atoms with Gasteiger partial charge in [0.05, 0.1) is 4.92 Å². The molecular formula is C8H12N6O2. The van der Waals surface area contributed by atoms with Crippen LogP contribution in [0.5, 0.6) is 0 Å². The maximum absolute atomic E-state index is 10.7. The van der Waals surface area contributed by atoms with E-state index in [-0.39, 0.29) is 17.3 Å². The minimum absolute atomic E-state index is 0.114. The lowest BCUT2D eigenvalue weighted by Crippen LogP contribution is -2.46. The van der Waals surface area contributed by atoms with Gasteiger partial charge in [0.25, 0.3) is 5.69 Å². The summed E-state index contributed by atoms with van der Waals surface area (Å²) in [7, 11) is 1.51. The third-order valence-electron chi connectivity index (χ3n) is 1.77. The van der Waals surface area contributed by atoms with Gasteiger partial charge in [-0.25, -0.2) is 16.7 Å². The second kappa shape index (κ2) is 5.05. The average Bonchev–Trinajstić information content (AvgIpc) is 2.25. The quantitative estimate of drug-likeness (QED) is 0.211. The normalized spacial score (nSPS) is 11.1. The molecule has 0 aliphatic heterocycles. The van der Waals surface area contributed by atoms with Crippen molar-refractivity contribution in [3.63, 3.8) is 0 Å². The Hall–Kier alpha value is -2.19. The topological polar surface area (TPSA) is 123 Å². The van der Waals surface area contributed by atoms with Crippen LogP contribution < -0.4 is 17.1 Å². The number of nitro groups is 1. The van der Waals surface area contributed by atoms with Gasteiger partial charge in [-0.05, 0) is 6.07 Å². The van der Waals surface area contributed by atoms with Crippen LogP contribution in [0.15, 0.2) is 29.3 Å². The molecule has 0 aromatic heterocycles. The van der Waals surface area contributed by atoms with Crippen molar-refractivity contribution in [2.24, 2.45) is 16.7 Å². The molecule has 0 aliphatic rings. The van der Waals surface area contributed by atoms with Crippen LogP contribution >= 0.6 is 0 Å². The Labute approximate surface area is 91.6 Å². The molecule has 0 fully saturated rings. The summed E-state index contributed by atoms with van der Waals surface area (Å²) in [5.74, 6) is 10.7. The Morgan fingerprint density at radius 2 is 2.19 bits per heavy atom. The molecule has 86 valence electrons. The molecule has 8 nitrogen and oxygen atoms in total. The van der Waals surface area contributed by atoms with Crippen molar-refractivity contribution in [2.45, 2.75) is 0 Å². The molecule has 0 amide bonds. The number of aliphatic imine (C=N–C) groups is 1. The van der Waals surface area contributed by atoms with E-state index in [9.17, 15) is 10.1 Å². The lowest BCUT2D eigenvalue weighted by atomic mass is 10.3. The number of hydrogen-bond acceptors (Lipinski definition) is 5. The number of rotatable bonds is 2. The molecule has 16 heavy (non-hydrogen) atoms. The number of nitro benzene ring substituents is 1. The maximum Gasteiger partial charge on any atom is 0.294 e. The Balaban J connectivity index is 3.18. The maximum atomic E-state index is 10.7. The van der Waals surface area contributed by atoms with E-state index in [2.05, 4.69) is 10.4 Å². The van der Waals surface area contributed by atoms with Gasteiger partial charge in [0.15, 0.2) is 0 Å². The van der Waals surface area contributed by atoms with Crippen LogP contribution in [0.1, 0.15) is 0 Å². The number of benzene rings is 1. The van der Waals surface area contributed by atoms with Crippen LogP contribution in [0.3, 0.4) is 0 Å². The fourth-order valence-corrected chi connectivity index (χ4v) is 1.04. The third kappa shape index (κ3) is 2.65. The molecule has 0 aliphatic carbocycles. The molecule has 8 heteroatoms. The van der Waals surface area contributed by atoms with Crippen molar-refractivity contribution < 1.29 is 4.92 Å². The highest BCUT2D eigenvalue weighted by Gasteiger charge is 2.12. The van der Waals surface area contributed by atoms with Crippen molar-refractivity contribution in [2.75, 3.05) is 7.05 Å². The van der Waals surface area contributed by atoms with E-state index in [1.165, 1.54) is 19.2 Å². The predicted molar refractivity (Wildman–Crippen MR) is 59.5 cm³/mol. The van der Waals surface area contributed by atoms with Crippen molar-refractivity contribution >= 4 is 17.3 Å². The summed E-state index contributed by atoms with van der Waals surface area (Å²) in [6.07, 6.45) is 0. The molecule has 0 unspecified atom stereocenters. The minimum Gasteiger partial charge on any atom is -0.293 e. The lowest BCUT2D eigenvalue weighted by molar-refractivity contribution is -0.384. The fourth-order valence-electron chi connectivity index (χ4n) is 1.04. The number of guanidine groups is 1. The molecule has 5 N–H and O–H groups in total. The number of hydrazine groups is 2. The van der Waals surface area contributed by atoms with E-state index in [0.29, 0.717) is 0 Å². The summed E-state index contributed by atoms with van der Waals surface area (Å²) >= 11 is 0. The van der Waals surface area contributed by atoms with Crippen LogP contribution in [-0.4, -0.2) is 22.9 Å². The summed E-state index contributed by atoms with van der Waals surface area (Å²) in [5, 5.41) is 11.8. The molecule has 0 saturated heterocycles. The van der Waals surface area contributed by atoms with Crippen molar-refractivity contribution in [1.82, 2.24) is 10.4 Å². The van der Waals surface area contributed by atoms with E-state index in [4.69, 9.17) is 11.7 Å². The van der Waals surface area contributed by atoms with Crippen LogP contribution in [0.2, 0.25) is 0 Å². The number of hydrogen-bond donors (Lipinski definition) is 3. The smallest absolute Gasteiger partial charge is 0.293 e. The first-order valence-corrected chi connectivity index (χ1v) is 4.33. The first kappa shape index (κ1) is 11.9. The number of nitrogens with one attached hydrogen (secondary N) is 1. The van der Waals surface area contributed by atoms with E-state index in [0.717, 1.165) is 5.01 Å². The number of nitrogens with two attached hydrogens (primary N) is 2. The standard InChI is InChI=1S/C8H12N6O2/c1-13(10)8(12-9)11-6-4-2-3-5-7(6)14(15)16/h2-5H,9-10H2,1H3,(H,11,12). The largest absolute Gasteiger partial charge is 0.294 e. The van der Waals surface area contributed by atoms with Gasteiger partial charge in [-0.15, -0.1) is 0 Å². The summed E-state index contributed by atoms with van der Waals surface area (Å²) in [4.78, 5) is 14.1. The molecule has 0 bridgehead atoms. The summed E-state index contributed by atoms with van der Waals surface area (Å²) < 4.78 is 0. The monoisotopic (exact) mass is 224 g/mol. The second-order valence-corrected chi connectivity index (χ2v) is 2.94. The van der Waals surface area contributed by atoms with Crippen LogP contribution in [0.25, 0.3) is 0 Å². The van der Waals surface area contributed by atoms with Gasteiger partial charge in [0.1, 0.15) is 5.69 Å². The fraction of sp³-hybridized carbons (Fsp3) is 0.125. The summed E-state index contributed by atoms with van der Waals surface area (Å²) in [5.41, 5.74) is 2.31. The molecule has 0 spiro atoms. The molecule has 1 aromatic rings. The second-order valence-electron chi connectivity index (χ2n) is 2.94. The zero-order valence-electron chi connectivity index (χ0n) is 8.62. The molecule has 0 radical (unpaired) electrons. The van der Waals surface area contributed by atoms with Gasteiger partial charge in [0, 0.05) is 13.1 Å².